The zero-order valence-electron chi connectivity index (χ0n) is 63.1. The van der Waals surface area contributed by atoms with E-state index in [2.05, 4.69) is 153 Å². The number of allylic oxidation sites excluding steroid dienone is 12. The van der Waals surface area contributed by atoms with Crippen LogP contribution in [0.1, 0.15) is 318 Å². The highest BCUT2D eigenvalue weighted by molar-refractivity contribution is 6.66. The maximum Gasteiger partial charge on any atom is 0.334 e. The predicted octanol–water partition coefficient (Wildman–Crippen LogP) is 24.9. The Morgan fingerprint density at radius 1 is 0.253 bits per heavy atom. The average molecular weight is 1330 g/mol. The molecule has 0 rings (SSSR count). The van der Waals surface area contributed by atoms with Gasteiger partial charge in [0.15, 0.2) is 0 Å². The van der Waals surface area contributed by atoms with Crippen LogP contribution in [-0.2, 0) is 26.6 Å². The number of quaternary nitrogens is 1. The van der Waals surface area contributed by atoms with Crippen molar-refractivity contribution in [1.82, 2.24) is 4.90 Å². The van der Waals surface area contributed by atoms with Gasteiger partial charge in [-0.05, 0) is 238 Å². The van der Waals surface area contributed by atoms with Crippen molar-refractivity contribution in [2.45, 2.75) is 355 Å². The Labute approximate surface area is 573 Å². The van der Waals surface area contributed by atoms with E-state index in [1.54, 1.807) is 0 Å². The molecular formula is C80H159N2O6Si3+. The SMILES string of the molecule is CCCCC/C=C\CCCO[Si](C)(CCCCN(C)CCC[N+](C)(CCCC[Si](C)(OCCC/C=C\CCCCC)OCCC/C=C\CCCCC)CCCC[Si](C)(OCCC/C=C\CCCCC)OCCC/C=C\CCCCC)OCCC/C=C\CCCCC. The van der Waals surface area contributed by atoms with Crippen LogP contribution in [0.2, 0.25) is 37.8 Å². The normalized spacial score (nSPS) is 13.2. The maximum absolute atomic E-state index is 6.87. The summed E-state index contributed by atoms with van der Waals surface area (Å²) in [7, 11) is -2.01. The molecule has 0 aromatic rings. The van der Waals surface area contributed by atoms with Gasteiger partial charge in [0, 0.05) is 52.6 Å². The molecule has 0 aromatic heterocycles. The van der Waals surface area contributed by atoms with Gasteiger partial charge in [0.25, 0.3) is 0 Å². The van der Waals surface area contributed by atoms with Gasteiger partial charge in [-0.3, -0.25) is 0 Å². The molecule has 0 aromatic carbocycles. The summed E-state index contributed by atoms with van der Waals surface area (Å²) in [5, 5.41) is 0. The topological polar surface area (TPSA) is 58.6 Å². The van der Waals surface area contributed by atoms with E-state index in [1.165, 1.54) is 219 Å². The molecule has 0 aliphatic carbocycles. The van der Waals surface area contributed by atoms with Crippen LogP contribution >= 0.6 is 0 Å². The van der Waals surface area contributed by atoms with Gasteiger partial charge in [-0.1, -0.05) is 198 Å². The molecule has 0 N–H and O–H groups in total. The molecule has 0 saturated heterocycles. The van der Waals surface area contributed by atoms with Gasteiger partial charge >= 0.3 is 25.7 Å². The van der Waals surface area contributed by atoms with Crippen LogP contribution in [-0.4, -0.2) is 122 Å². The van der Waals surface area contributed by atoms with Gasteiger partial charge in [-0.25, -0.2) is 0 Å². The number of nitrogens with zero attached hydrogens (tertiary/aromatic N) is 2. The lowest BCUT2D eigenvalue weighted by Crippen LogP contribution is -2.47. The third kappa shape index (κ3) is 62.1. The summed E-state index contributed by atoms with van der Waals surface area (Å²) in [5.74, 6) is 0. The van der Waals surface area contributed by atoms with E-state index >= 15 is 0 Å². The lowest BCUT2D eigenvalue weighted by molar-refractivity contribution is -0.910. The number of hydrogen-bond donors (Lipinski definition) is 0. The van der Waals surface area contributed by atoms with Gasteiger partial charge in [-0.15, -0.1) is 0 Å². The first-order valence-electron chi connectivity index (χ1n) is 39.6. The lowest BCUT2D eigenvalue weighted by atomic mass is 10.2. The fourth-order valence-electron chi connectivity index (χ4n) is 11.9. The summed E-state index contributed by atoms with van der Waals surface area (Å²) < 4.78 is 42.1. The molecular weight excluding hydrogens is 1170 g/mol. The first kappa shape index (κ1) is 89.8. The summed E-state index contributed by atoms with van der Waals surface area (Å²) >= 11 is 0. The highest BCUT2D eigenvalue weighted by atomic mass is 28.4. The minimum absolute atomic E-state index is 0.806. The van der Waals surface area contributed by atoms with Crippen LogP contribution in [0.25, 0.3) is 0 Å². The van der Waals surface area contributed by atoms with Gasteiger partial charge in [-0.2, -0.15) is 0 Å². The highest BCUT2D eigenvalue weighted by Gasteiger charge is 2.34. The molecule has 0 fully saturated rings. The van der Waals surface area contributed by atoms with Gasteiger partial charge in [0.05, 0.1) is 26.7 Å². The standard InChI is InChI=1S/C80H159N2O6Si3/c1-12-18-24-30-36-42-48-57-72-83-89(9,84-73-58-49-43-37-31-25-19-13-2)78-63-54-67-81(7)68-66-71-82(8,69-55-64-79-90(10,85-74-59-50-44-38-32-26-20-14-3)86-75-60-51-45-39-33-27-21-15-4)70-56-65-80-91(11,87-76-61-52-46-40-34-28-22-16-5)88-77-62-53-47-41-35-29-23-17-6/h36-47H,12-35,48-80H2,1-11H3/q+1/b42-36-,43-37-,44-38-,45-39-,46-40-,47-41-. The lowest BCUT2D eigenvalue weighted by Gasteiger charge is -2.36. The monoisotopic (exact) mass is 1330 g/mol. The first-order chi connectivity index (χ1) is 44.4. The average Bonchev–Trinajstić information content (AvgIpc) is 2.87. The summed E-state index contributed by atoms with van der Waals surface area (Å²) in [6, 6.07) is 3.22. The van der Waals surface area contributed by atoms with E-state index < -0.39 is 25.7 Å². The quantitative estimate of drug-likeness (QED) is 0.0260. The second kappa shape index (κ2) is 67.3. The predicted molar refractivity (Wildman–Crippen MR) is 411 cm³/mol. The second-order valence-electron chi connectivity index (χ2n) is 28.0. The van der Waals surface area contributed by atoms with Crippen LogP contribution in [0.3, 0.4) is 0 Å². The van der Waals surface area contributed by atoms with Crippen LogP contribution < -0.4 is 0 Å². The maximum atomic E-state index is 6.87. The Morgan fingerprint density at radius 3 is 0.681 bits per heavy atom. The van der Waals surface area contributed by atoms with Crippen molar-refractivity contribution in [2.75, 3.05) is 86.5 Å². The van der Waals surface area contributed by atoms with Crippen molar-refractivity contribution < 1.29 is 31.0 Å². The van der Waals surface area contributed by atoms with Crippen molar-refractivity contribution in [3.8, 4) is 0 Å². The Kier molecular flexibility index (Phi) is 66.4. The number of unbranched alkanes of at least 4 members (excludes halogenated alkanes) is 27. The van der Waals surface area contributed by atoms with Gasteiger partial charge in [0.2, 0.25) is 0 Å². The molecule has 91 heavy (non-hydrogen) atoms. The fourth-order valence-corrected chi connectivity index (χ4v) is 19.1. The van der Waals surface area contributed by atoms with Crippen LogP contribution in [0.4, 0.5) is 0 Å². The number of rotatable bonds is 73. The fraction of sp³-hybridized carbons (Fsp3) is 0.850. The summed E-state index contributed by atoms with van der Waals surface area (Å²) in [4.78, 5) is 2.61. The Morgan fingerprint density at radius 2 is 0.451 bits per heavy atom. The molecule has 8 nitrogen and oxygen atoms in total. The van der Waals surface area contributed by atoms with E-state index in [0.717, 1.165) is 152 Å². The largest absolute Gasteiger partial charge is 0.394 e. The molecule has 0 spiro atoms. The minimum atomic E-state index is -2.34. The molecule has 0 heterocycles. The number of hydrogen-bond acceptors (Lipinski definition) is 7. The zero-order valence-corrected chi connectivity index (χ0v) is 66.1. The van der Waals surface area contributed by atoms with Crippen LogP contribution in [0.5, 0.6) is 0 Å². The molecule has 0 unspecified atom stereocenters. The van der Waals surface area contributed by atoms with Crippen molar-refractivity contribution in [1.29, 1.82) is 0 Å². The summed E-state index contributed by atoms with van der Waals surface area (Å²) in [5.41, 5.74) is 0. The smallest absolute Gasteiger partial charge is 0.334 e. The zero-order chi connectivity index (χ0) is 66.6. The van der Waals surface area contributed by atoms with Gasteiger partial charge < -0.3 is 35.9 Å². The summed E-state index contributed by atoms with van der Waals surface area (Å²) in [6.07, 6.45) is 80.6. The van der Waals surface area contributed by atoms with E-state index in [4.69, 9.17) is 26.6 Å². The van der Waals surface area contributed by atoms with E-state index in [-0.39, 0.29) is 0 Å². The molecule has 536 valence electrons. The molecule has 0 saturated carbocycles. The van der Waals surface area contributed by atoms with Gasteiger partial charge in [0.1, 0.15) is 0 Å². The molecule has 0 aliphatic heterocycles. The molecule has 0 amide bonds. The van der Waals surface area contributed by atoms with E-state index in [0.29, 0.717) is 0 Å². The van der Waals surface area contributed by atoms with Crippen molar-refractivity contribution in [2.24, 2.45) is 0 Å². The van der Waals surface area contributed by atoms with Crippen molar-refractivity contribution in [3.63, 3.8) is 0 Å². The van der Waals surface area contributed by atoms with E-state index in [1.807, 2.05) is 0 Å². The highest BCUT2D eigenvalue weighted by Crippen LogP contribution is 2.25. The molecule has 0 aliphatic rings. The molecule has 11 heteroatoms. The molecule has 0 atom stereocenters. The Bertz CT molecular complexity index is 1530. The Balaban J connectivity index is 6.10. The van der Waals surface area contributed by atoms with Crippen molar-refractivity contribution >= 4 is 25.7 Å². The van der Waals surface area contributed by atoms with Crippen molar-refractivity contribution in [3.05, 3.63) is 72.9 Å². The molecule has 0 radical (unpaired) electrons. The summed E-state index contributed by atoms with van der Waals surface area (Å²) in [6.45, 7) is 31.5. The van der Waals surface area contributed by atoms with Crippen LogP contribution in [0.15, 0.2) is 72.9 Å². The molecule has 0 bridgehead atoms. The second-order valence-corrected chi connectivity index (χ2v) is 38.0. The third-order valence-electron chi connectivity index (χ3n) is 18.2. The Hall–Kier alpha value is -1.23. The van der Waals surface area contributed by atoms with E-state index in [9.17, 15) is 0 Å². The minimum Gasteiger partial charge on any atom is -0.394 e. The first-order valence-corrected chi connectivity index (χ1v) is 47.2. The van der Waals surface area contributed by atoms with Crippen LogP contribution in [0, 0.1) is 0 Å². The third-order valence-corrected chi connectivity index (χ3v) is 26.9.